The van der Waals surface area contributed by atoms with Crippen LogP contribution >= 0.6 is 24.0 Å². The van der Waals surface area contributed by atoms with Gasteiger partial charge in [-0.2, -0.15) is 0 Å². The van der Waals surface area contributed by atoms with Crippen LogP contribution in [0.15, 0.2) is 29.2 Å². The lowest BCUT2D eigenvalue weighted by Gasteiger charge is -2.19. The average Bonchev–Trinajstić information content (AvgIpc) is 3.08. The normalized spacial score (nSPS) is 20.4. The number of rotatable bonds is 6. The molecule has 0 aliphatic carbocycles. The van der Waals surface area contributed by atoms with E-state index < -0.39 is 17.9 Å². The molecule has 1 aromatic rings. The summed E-state index contributed by atoms with van der Waals surface area (Å²) >= 11 is 6.22. The van der Waals surface area contributed by atoms with E-state index in [4.69, 9.17) is 12.2 Å². The number of thioether (sulfide) groups is 1. The molecule has 8 heteroatoms. The molecule has 1 aromatic carbocycles. The number of hydrogen-bond donors (Lipinski definition) is 1. The van der Waals surface area contributed by atoms with Crippen molar-refractivity contribution in [3.05, 3.63) is 34.7 Å². The summed E-state index contributed by atoms with van der Waals surface area (Å²) in [4.78, 5) is 40.3. The monoisotopic (exact) mass is 404 g/mol. The van der Waals surface area contributed by atoms with Gasteiger partial charge in [-0.15, -0.1) is 0 Å². The molecule has 0 saturated carbocycles. The van der Waals surface area contributed by atoms with E-state index in [1.807, 2.05) is 24.3 Å². The van der Waals surface area contributed by atoms with Crippen LogP contribution in [0.3, 0.4) is 0 Å². The van der Waals surface area contributed by atoms with Crippen molar-refractivity contribution in [1.29, 1.82) is 0 Å². The van der Waals surface area contributed by atoms with Crippen molar-refractivity contribution in [2.45, 2.75) is 39.2 Å². The molecular formula is C19H20N2O4S2. The number of fused-ring (bicyclic) bond motifs is 1. The number of carboxylic acids is 1. The standard InChI is InChI=1S/C19H20N2O4S2/c1-3-4-7-10-20-13-9-6-5-8-12(13)14(16(20)22)15-17(23)21(19(26)27-15)11(2)18(24)25/h5-6,8-9,11H,3-4,7,10H2,1-2H3,(H,24,25)/b15-14-. The van der Waals surface area contributed by atoms with Gasteiger partial charge >= 0.3 is 5.97 Å². The molecule has 0 spiro atoms. The molecule has 2 aliphatic rings. The summed E-state index contributed by atoms with van der Waals surface area (Å²) in [6.07, 6.45) is 2.93. The summed E-state index contributed by atoms with van der Waals surface area (Å²) in [6.45, 7) is 4.08. The zero-order valence-corrected chi connectivity index (χ0v) is 16.7. The predicted molar refractivity (Wildman–Crippen MR) is 109 cm³/mol. The van der Waals surface area contributed by atoms with Gasteiger partial charge in [-0.05, 0) is 19.4 Å². The first-order valence-electron chi connectivity index (χ1n) is 8.82. The maximum Gasteiger partial charge on any atom is 0.326 e. The van der Waals surface area contributed by atoms with E-state index in [1.165, 1.54) is 6.92 Å². The lowest BCUT2D eigenvalue weighted by atomic mass is 10.1. The number of amides is 2. The van der Waals surface area contributed by atoms with E-state index in [0.29, 0.717) is 17.7 Å². The average molecular weight is 405 g/mol. The number of carbonyl (C=O) groups excluding carboxylic acids is 2. The molecule has 1 unspecified atom stereocenters. The third-order valence-electron chi connectivity index (χ3n) is 4.68. The van der Waals surface area contributed by atoms with Gasteiger partial charge in [0.2, 0.25) is 0 Å². The van der Waals surface area contributed by atoms with Crippen molar-refractivity contribution < 1.29 is 19.5 Å². The van der Waals surface area contributed by atoms with Crippen LogP contribution in [-0.4, -0.2) is 44.7 Å². The largest absolute Gasteiger partial charge is 0.480 e. The zero-order valence-electron chi connectivity index (χ0n) is 15.1. The van der Waals surface area contributed by atoms with Gasteiger partial charge in [0.1, 0.15) is 10.4 Å². The Balaban J connectivity index is 2.03. The molecule has 2 heterocycles. The fraction of sp³-hybridized carbons (Fsp3) is 0.368. The second-order valence-corrected chi connectivity index (χ2v) is 8.09. The van der Waals surface area contributed by atoms with Gasteiger partial charge in [0.25, 0.3) is 11.8 Å². The zero-order chi connectivity index (χ0) is 19.7. The molecule has 3 rings (SSSR count). The Hall–Kier alpha value is -2.19. The van der Waals surface area contributed by atoms with Gasteiger partial charge in [-0.25, -0.2) is 4.79 Å². The molecule has 0 aromatic heterocycles. The second kappa shape index (κ2) is 7.82. The summed E-state index contributed by atoms with van der Waals surface area (Å²) in [5.74, 6) is -1.89. The van der Waals surface area contributed by atoms with Gasteiger partial charge in [-0.1, -0.05) is 61.9 Å². The van der Waals surface area contributed by atoms with Crippen LogP contribution in [0.4, 0.5) is 5.69 Å². The Labute approximate surface area is 167 Å². The number of benzene rings is 1. The molecule has 2 aliphatic heterocycles. The van der Waals surface area contributed by atoms with Crippen LogP contribution in [0, 0.1) is 0 Å². The van der Waals surface area contributed by atoms with Crippen LogP contribution in [0.1, 0.15) is 38.7 Å². The van der Waals surface area contributed by atoms with Crippen molar-refractivity contribution in [2.75, 3.05) is 11.4 Å². The number of para-hydroxylation sites is 1. The van der Waals surface area contributed by atoms with Crippen LogP contribution in [-0.2, 0) is 14.4 Å². The van der Waals surface area contributed by atoms with E-state index in [9.17, 15) is 19.5 Å². The van der Waals surface area contributed by atoms with Crippen molar-refractivity contribution >= 4 is 57.3 Å². The summed E-state index contributed by atoms with van der Waals surface area (Å²) in [7, 11) is 0. The molecule has 0 radical (unpaired) electrons. The number of nitrogens with zero attached hydrogens (tertiary/aromatic N) is 2. The minimum Gasteiger partial charge on any atom is -0.480 e. The first kappa shape index (κ1) is 19.6. The fourth-order valence-electron chi connectivity index (χ4n) is 3.22. The van der Waals surface area contributed by atoms with Gasteiger partial charge in [0, 0.05) is 12.1 Å². The summed E-state index contributed by atoms with van der Waals surface area (Å²) < 4.78 is 0.159. The highest BCUT2D eigenvalue weighted by molar-refractivity contribution is 8.26. The SMILES string of the molecule is CCCCCN1C(=O)/C(=C2\SC(=S)N(C(C)C(=O)O)C2=O)c2ccccc21. The van der Waals surface area contributed by atoms with E-state index in [2.05, 4.69) is 6.92 Å². The third kappa shape index (κ3) is 3.39. The molecular weight excluding hydrogens is 384 g/mol. The van der Waals surface area contributed by atoms with Gasteiger partial charge < -0.3 is 10.0 Å². The molecule has 6 nitrogen and oxygen atoms in total. The Morgan fingerprint density at radius 3 is 2.59 bits per heavy atom. The lowest BCUT2D eigenvalue weighted by Crippen LogP contribution is -2.41. The van der Waals surface area contributed by atoms with Crippen molar-refractivity contribution in [3.8, 4) is 0 Å². The fourth-order valence-corrected chi connectivity index (χ4v) is 4.71. The predicted octanol–water partition coefficient (Wildman–Crippen LogP) is 3.27. The molecule has 2 amide bonds. The van der Waals surface area contributed by atoms with Crippen LogP contribution in [0.25, 0.3) is 5.57 Å². The van der Waals surface area contributed by atoms with Gasteiger partial charge in [-0.3, -0.25) is 14.5 Å². The Morgan fingerprint density at radius 2 is 1.93 bits per heavy atom. The summed E-state index contributed by atoms with van der Waals surface area (Å²) in [5, 5.41) is 9.25. The maximum absolute atomic E-state index is 13.1. The van der Waals surface area contributed by atoms with Crippen LogP contribution in [0.2, 0.25) is 0 Å². The smallest absolute Gasteiger partial charge is 0.326 e. The number of anilines is 1. The molecule has 0 bridgehead atoms. The minimum atomic E-state index is -1.14. The highest BCUT2D eigenvalue weighted by Crippen LogP contribution is 2.45. The lowest BCUT2D eigenvalue weighted by molar-refractivity contribution is -0.144. The van der Waals surface area contributed by atoms with E-state index in [1.54, 1.807) is 4.90 Å². The molecule has 1 atom stereocenters. The summed E-state index contributed by atoms with van der Waals surface area (Å²) in [6, 6.07) is 6.28. The number of aliphatic carboxylic acids is 1. The number of thiocarbonyl (C=S) groups is 1. The minimum absolute atomic E-state index is 0.159. The molecule has 1 fully saturated rings. The topological polar surface area (TPSA) is 77.9 Å². The maximum atomic E-state index is 13.1. The molecule has 1 N–H and O–H groups in total. The Kier molecular flexibility index (Phi) is 5.67. The molecule has 27 heavy (non-hydrogen) atoms. The summed E-state index contributed by atoms with van der Waals surface area (Å²) in [5.41, 5.74) is 1.80. The highest BCUT2D eigenvalue weighted by Gasteiger charge is 2.44. The first-order chi connectivity index (χ1) is 12.9. The highest BCUT2D eigenvalue weighted by atomic mass is 32.2. The molecule has 1 saturated heterocycles. The second-order valence-electron chi connectivity index (χ2n) is 6.44. The number of carboxylic acid groups (broad SMARTS) is 1. The van der Waals surface area contributed by atoms with Gasteiger partial charge in [0.15, 0.2) is 0 Å². The number of unbranched alkanes of at least 4 members (excludes halogenated alkanes) is 2. The number of carbonyl (C=O) groups is 3. The van der Waals surface area contributed by atoms with Crippen LogP contribution in [0.5, 0.6) is 0 Å². The van der Waals surface area contributed by atoms with E-state index >= 15 is 0 Å². The third-order valence-corrected chi connectivity index (χ3v) is 6.08. The van der Waals surface area contributed by atoms with Crippen molar-refractivity contribution in [2.24, 2.45) is 0 Å². The first-order valence-corrected chi connectivity index (χ1v) is 10.0. The number of hydrogen-bond acceptors (Lipinski definition) is 5. The van der Waals surface area contributed by atoms with E-state index in [0.717, 1.165) is 41.6 Å². The quantitative estimate of drug-likeness (QED) is 0.445. The van der Waals surface area contributed by atoms with Crippen LogP contribution < -0.4 is 4.90 Å². The van der Waals surface area contributed by atoms with Gasteiger partial charge in [0.05, 0.1) is 16.2 Å². The van der Waals surface area contributed by atoms with E-state index in [-0.39, 0.29) is 15.1 Å². The Bertz CT molecular complexity index is 865. The van der Waals surface area contributed by atoms with Crippen molar-refractivity contribution in [1.82, 2.24) is 4.90 Å². The van der Waals surface area contributed by atoms with Crippen molar-refractivity contribution in [3.63, 3.8) is 0 Å². The molecule has 142 valence electrons. The Morgan fingerprint density at radius 1 is 1.22 bits per heavy atom.